The van der Waals surface area contributed by atoms with E-state index in [1.807, 2.05) is 13.8 Å². The average molecular weight is 284 g/mol. The molecule has 0 heterocycles. The molecule has 0 aliphatic heterocycles. The van der Waals surface area contributed by atoms with Gasteiger partial charge >= 0.3 is 0 Å². The van der Waals surface area contributed by atoms with Gasteiger partial charge in [-0.15, -0.1) is 0 Å². The monoisotopic (exact) mass is 284 g/mol. The quantitative estimate of drug-likeness (QED) is 0.818. The molecule has 106 valence electrons. The predicted molar refractivity (Wildman–Crippen MR) is 74.2 cm³/mol. The summed E-state index contributed by atoms with van der Waals surface area (Å²) in [7, 11) is -1.85. The minimum Gasteiger partial charge on any atom is -0.399 e. The fraction of sp³-hybridized carbons (Fsp3) is 0.538. The molecule has 2 atom stereocenters. The molecule has 3 N–H and O–H groups in total. The summed E-state index contributed by atoms with van der Waals surface area (Å²) in [6, 6.07) is 6.07. The lowest BCUT2D eigenvalue weighted by molar-refractivity contribution is -0.0908. The maximum absolute atomic E-state index is 12.2. The number of hydrogen-bond acceptors (Lipinski definition) is 4. The van der Waals surface area contributed by atoms with Crippen molar-refractivity contribution in [1.82, 2.24) is 4.72 Å². The molecule has 2 unspecified atom stereocenters. The smallest absolute Gasteiger partial charge is 0.240 e. The first kappa shape index (κ1) is 14.3. The van der Waals surface area contributed by atoms with Gasteiger partial charge in [0.2, 0.25) is 10.0 Å². The summed E-state index contributed by atoms with van der Waals surface area (Å²) in [5.41, 5.74) is 5.90. The number of anilines is 1. The van der Waals surface area contributed by atoms with Gasteiger partial charge < -0.3 is 10.5 Å². The first-order chi connectivity index (χ1) is 8.77. The highest BCUT2D eigenvalue weighted by Crippen LogP contribution is 2.43. The van der Waals surface area contributed by atoms with Crippen LogP contribution in [-0.4, -0.2) is 27.7 Å². The third-order valence-corrected chi connectivity index (χ3v) is 5.44. The lowest BCUT2D eigenvalue weighted by atomic mass is 9.65. The van der Waals surface area contributed by atoms with E-state index in [-0.39, 0.29) is 22.5 Å². The molecule has 0 radical (unpaired) electrons. The number of nitrogens with one attached hydrogen (secondary N) is 1. The molecule has 1 aromatic rings. The van der Waals surface area contributed by atoms with Crippen LogP contribution in [0.3, 0.4) is 0 Å². The highest BCUT2D eigenvalue weighted by molar-refractivity contribution is 7.89. The SMILES string of the molecule is COC1CC(NS(=O)(=O)c2ccc(N)cc2)C1(C)C. The van der Waals surface area contributed by atoms with E-state index in [4.69, 9.17) is 10.5 Å². The van der Waals surface area contributed by atoms with Crippen molar-refractivity contribution in [3.05, 3.63) is 24.3 Å². The minimum absolute atomic E-state index is 0.0895. The van der Waals surface area contributed by atoms with Crippen LogP contribution in [0.5, 0.6) is 0 Å². The maximum atomic E-state index is 12.2. The zero-order valence-electron chi connectivity index (χ0n) is 11.4. The van der Waals surface area contributed by atoms with Crippen molar-refractivity contribution in [1.29, 1.82) is 0 Å². The third kappa shape index (κ3) is 2.61. The van der Waals surface area contributed by atoms with Crippen molar-refractivity contribution >= 4 is 15.7 Å². The standard InChI is InChI=1S/C13H20N2O3S/c1-13(2)11(8-12(13)18-3)15-19(16,17)10-6-4-9(14)5-7-10/h4-7,11-12,15H,8,14H2,1-3H3. The topological polar surface area (TPSA) is 81.4 Å². The highest BCUT2D eigenvalue weighted by Gasteiger charge is 2.50. The van der Waals surface area contributed by atoms with Crippen LogP contribution >= 0.6 is 0 Å². The molecule has 1 aromatic carbocycles. The minimum atomic E-state index is -3.50. The molecule has 0 amide bonds. The molecule has 0 spiro atoms. The Balaban J connectivity index is 2.13. The van der Waals surface area contributed by atoms with Crippen LogP contribution in [0.1, 0.15) is 20.3 Å². The van der Waals surface area contributed by atoms with E-state index >= 15 is 0 Å². The van der Waals surface area contributed by atoms with Crippen LogP contribution in [0.25, 0.3) is 0 Å². The van der Waals surface area contributed by atoms with E-state index in [1.165, 1.54) is 12.1 Å². The second-order valence-electron chi connectivity index (χ2n) is 5.52. The van der Waals surface area contributed by atoms with E-state index < -0.39 is 10.0 Å². The van der Waals surface area contributed by atoms with Crippen molar-refractivity contribution in [2.24, 2.45) is 5.41 Å². The second-order valence-corrected chi connectivity index (χ2v) is 7.24. The summed E-state index contributed by atoms with van der Waals surface area (Å²) in [6.45, 7) is 4.00. The molecule has 1 aliphatic rings. The number of hydrogen-bond donors (Lipinski definition) is 2. The van der Waals surface area contributed by atoms with Crippen molar-refractivity contribution in [2.45, 2.75) is 37.3 Å². The molecule has 1 fully saturated rings. The average Bonchev–Trinajstić information content (AvgIpc) is 2.34. The maximum Gasteiger partial charge on any atom is 0.240 e. The zero-order valence-corrected chi connectivity index (χ0v) is 12.2. The summed E-state index contributed by atoms with van der Waals surface area (Å²) in [5.74, 6) is 0. The van der Waals surface area contributed by atoms with Crippen LogP contribution in [-0.2, 0) is 14.8 Å². The number of methoxy groups -OCH3 is 1. The van der Waals surface area contributed by atoms with Crippen LogP contribution in [0.4, 0.5) is 5.69 Å². The van der Waals surface area contributed by atoms with E-state index in [0.29, 0.717) is 12.1 Å². The molecule has 6 heteroatoms. The van der Waals surface area contributed by atoms with E-state index in [0.717, 1.165) is 0 Å². The first-order valence-corrected chi connectivity index (χ1v) is 7.66. The Kier molecular flexibility index (Phi) is 3.59. The predicted octanol–water partition coefficient (Wildman–Crippen LogP) is 1.36. The lowest BCUT2D eigenvalue weighted by Gasteiger charge is -2.50. The Hall–Kier alpha value is -1.11. The summed E-state index contributed by atoms with van der Waals surface area (Å²) < 4.78 is 32.5. The van der Waals surface area contributed by atoms with Gasteiger partial charge in [-0.1, -0.05) is 13.8 Å². The molecule has 2 rings (SSSR count). The Morgan fingerprint density at radius 1 is 1.32 bits per heavy atom. The molecule has 1 saturated carbocycles. The fourth-order valence-electron chi connectivity index (χ4n) is 2.39. The first-order valence-electron chi connectivity index (χ1n) is 6.18. The molecular weight excluding hydrogens is 264 g/mol. The van der Waals surface area contributed by atoms with Crippen molar-refractivity contribution < 1.29 is 13.2 Å². The van der Waals surface area contributed by atoms with E-state index in [2.05, 4.69) is 4.72 Å². The van der Waals surface area contributed by atoms with Crippen molar-refractivity contribution in [3.8, 4) is 0 Å². The zero-order chi connectivity index (χ0) is 14.3. The van der Waals surface area contributed by atoms with Gasteiger partial charge in [-0.3, -0.25) is 0 Å². The molecule has 19 heavy (non-hydrogen) atoms. The number of rotatable bonds is 4. The molecule has 0 bridgehead atoms. The van der Waals surface area contributed by atoms with Crippen LogP contribution in [0, 0.1) is 5.41 Å². The Bertz CT molecular complexity index is 552. The number of ether oxygens (including phenoxy) is 1. The van der Waals surface area contributed by atoms with Gasteiger partial charge in [0, 0.05) is 24.3 Å². The van der Waals surface area contributed by atoms with Crippen LogP contribution in [0.15, 0.2) is 29.2 Å². The Labute approximate surface area is 114 Å². The molecule has 5 nitrogen and oxygen atoms in total. The summed E-state index contributed by atoms with van der Waals surface area (Å²) >= 11 is 0. The van der Waals surface area contributed by atoms with E-state index in [9.17, 15) is 8.42 Å². The van der Waals surface area contributed by atoms with Crippen molar-refractivity contribution in [3.63, 3.8) is 0 Å². The number of nitrogens with two attached hydrogens (primary N) is 1. The molecule has 0 aromatic heterocycles. The van der Waals surface area contributed by atoms with Crippen molar-refractivity contribution in [2.75, 3.05) is 12.8 Å². The lowest BCUT2D eigenvalue weighted by Crippen LogP contribution is -2.61. The van der Waals surface area contributed by atoms with Gasteiger partial charge in [-0.25, -0.2) is 13.1 Å². The van der Waals surface area contributed by atoms with Gasteiger partial charge in [-0.05, 0) is 30.7 Å². The number of sulfonamides is 1. The number of nitrogen functional groups attached to an aromatic ring is 1. The largest absolute Gasteiger partial charge is 0.399 e. The van der Waals surface area contributed by atoms with Gasteiger partial charge in [0.15, 0.2) is 0 Å². The molecular formula is C13H20N2O3S. The van der Waals surface area contributed by atoms with E-state index in [1.54, 1.807) is 19.2 Å². The Morgan fingerprint density at radius 3 is 2.37 bits per heavy atom. The number of benzene rings is 1. The third-order valence-electron chi connectivity index (χ3n) is 3.95. The summed E-state index contributed by atoms with van der Waals surface area (Å²) in [4.78, 5) is 0.235. The Morgan fingerprint density at radius 2 is 1.89 bits per heavy atom. The fourth-order valence-corrected chi connectivity index (χ4v) is 3.79. The highest BCUT2D eigenvalue weighted by atomic mass is 32.2. The van der Waals surface area contributed by atoms with Gasteiger partial charge in [0.05, 0.1) is 11.0 Å². The van der Waals surface area contributed by atoms with Gasteiger partial charge in [-0.2, -0.15) is 0 Å². The van der Waals surface area contributed by atoms with Gasteiger partial charge in [0.25, 0.3) is 0 Å². The summed E-state index contributed by atoms with van der Waals surface area (Å²) in [5, 5.41) is 0. The van der Waals surface area contributed by atoms with Gasteiger partial charge in [0.1, 0.15) is 0 Å². The second kappa shape index (κ2) is 4.77. The van der Waals surface area contributed by atoms with Crippen LogP contribution < -0.4 is 10.5 Å². The molecule has 1 aliphatic carbocycles. The normalized spacial score (nSPS) is 25.8. The summed E-state index contributed by atoms with van der Waals surface area (Å²) in [6.07, 6.45) is 0.782. The molecule has 0 saturated heterocycles. The van der Waals surface area contributed by atoms with Crippen LogP contribution in [0.2, 0.25) is 0 Å².